The lowest BCUT2D eigenvalue weighted by Crippen LogP contribution is -2.50. The van der Waals surface area contributed by atoms with Gasteiger partial charge in [0, 0.05) is 29.1 Å². The van der Waals surface area contributed by atoms with Crippen molar-refractivity contribution in [3.63, 3.8) is 0 Å². The van der Waals surface area contributed by atoms with E-state index >= 15 is 0 Å². The molecule has 1 atom stereocenters. The van der Waals surface area contributed by atoms with E-state index in [1.54, 1.807) is 0 Å². The Bertz CT molecular complexity index is 664. The molecule has 2 aliphatic rings. The van der Waals surface area contributed by atoms with E-state index in [-0.39, 0.29) is 15.7 Å². The molecule has 0 N–H and O–H groups in total. The molecule has 1 aromatic heterocycles. The van der Waals surface area contributed by atoms with Crippen molar-refractivity contribution < 1.29 is 4.55 Å². The summed E-state index contributed by atoms with van der Waals surface area (Å²) in [6, 6.07) is 4.07. The predicted molar refractivity (Wildman–Crippen MR) is 105 cm³/mol. The van der Waals surface area contributed by atoms with Crippen LogP contribution in [0.25, 0.3) is 0 Å². The van der Waals surface area contributed by atoms with E-state index < -0.39 is 11.4 Å². The van der Waals surface area contributed by atoms with Crippen LogP contribution in [0.5, 0.6) is 0 Å². The van der Waals surface area contributed by atoms with Gasteiger partial charge in [-0.15, -0.1) is 0 Å². The molecule has 0 aromatic carbocycles. The molecule has 138 valence electrons. The monoisotopic (exact) mass is 361 g/mol. The Morgan fingerprint density at radius 3 is 2.36 bits per heavy atom. The van der Waals surface area contributed by atoms with Crippen molar-refractivity contribution in [1.29, 1.82) is 0 Å². The summed E-state index contributed by atoms with van der Waals surface area (Å²) in [6.07, 6.45) is 4.91. The van der Waals surface area contributed by atoms with Crippen LogP contribution in [-0.4, -0.2) is 43.5 Å². The van der Waals surface area contributed by atoms with Gasteiger partial charge in [-0.1, -0.05) is 4.40 Å². The summed E-state index contributed by atoms with van der Waals surface area (Å²) in [5, 5.41) is 0. The van der Waals surface area contributed by atoms with Gasteiger partial charge < -0.3 is 4.55 Å². The standard InChI is InChI=1S/C20H31N3OS/c1-18(2,3)23-12-9-20(10-13-23)14-16-15(8-7-11-21-16)17(20)22-25(24)19(4,5)6/h7-8,11H,9-10,12-14H2,1-6H3/b22-17+/t25-/m1/s1. The molecule has 25 heavy (non-hydrogen) atoms. The minimum absolute atomic E-state index is 0.000648. The molecular formula is C20H31N3OS. The first-order chi connectivity index (χ1) is 11.5. The van der Waals surface area contributed by atoms with Gasteiger partial charge in [0.05, 0.1) is 5.69 Å². The number of pyridine rings is 1. The molecule has 2 heterocycles. The van der Waals surface area contributed by atoms with Crippen molar-refractivity contribution >= 4 is 17.1 Å². The van der Waals surface area contributed by atoms with Crippen LogP contribution in [0.2, 0.25) is 0 Å². The van der Waals surface area contributed by atoms with E-state index in [0.717, 1.165) is 49.3 Å². The lowest BCUT2D eigenvalue weighted by atomic mass is 9.74. The number of rotatable bonds is 1. The normalized spacial score (nSPS) is 23.9. The summed E-state index contributed by atoms with van der Waals surface area (Å²) < 4.78 is 17.2. The summed E-state index contributed by atoms with van der Waals surface area (Å²) in [5.41, 5.74) is 3.47. The van der Waals surface area contributed by atoms with Gasteiger partial charge in [-0.25, -0.2) is 0 Å². The summed E-state index contributed by atoms with van der Waals surface area (Å²) in [5.74, 6) is 0. The van der Waals surface area contributed by atoms with E-state index in [1.807, 2.05) is 33.0 Å². The maximum absolute atomic E-state index is 12.8. The minimum Gasteiger partial charge on any atom is -0.591 e. The maximum atomic E-state index is 12.8. The van der Waals surface area contributed by atoms with E-state index in [1.165, 1.54) is 0 Å². The molecule has 3 rings (SSSR count). The van der Waals surface area contributed by atoms with Gasteiger partial charge in [0.1, 0.15) is 21.8 Å². The van der Waals surface area contributed by atoms with Crippen LogP contribution in [0.1, 0.15) is 65.6 Å². The number of aromatic nitrogens is 1. The van der Waals surface area contributed by atoms with Gasteiger partial charge in [-0.05, 0) is 79.6 Å². The summed E-state index contributed by atoms with van der Waals surface area (Å²) in [6.45, 7) is 14.9. The Kier molecular flexibility index (Phi) is 4.80. The molecule has 0 unspecified atom stereocenters. The van der Waals surface area contributed by atoms with Crippen LogP contribution in [0.4, 0.5) is 0 Å². The lowest BCUT2D eigenvalue weighted by molar-refractivity contribution is 0.0719. The van der Waals surface area contributed by atoms with Gasteiger partial charge in [0.25, 0.3) is 0 Å². The summed E-state index contributed by atoms with van der Waals surface area (Å²) >= 11 is -1.24. The van der Waals surface area contributed by atoms with Gasteiger partial charge in [0.15, 0.2) is 0 Å². The fourth-order valence-electron chi connectivity index (χ4n) is 3.87. The van der Waals surface area contributed by atoms with Crippen molar-refractivity contribution in [3.8, 4) is 0 Å². The second kappa shape index (κ2) is 6.36. The first-order valence-corrected chi connectivity index (χ1v) is 10.3. The highest BCUT2D eigenvalue weighted by Gasteiger charge is 2.48. The zero-order valence-electron chi connectivity index (χ0n) is 16.4. The van der Waals surface area contributed by atoms with Crippen molar-refractivity contribution in [1.82, 2.24) is 9.88 Å². The molecule has 0 radical (unpaired) electrons. The highest BCUT2D eigenvalue weighted by Crippen LogP contribution is 2.46. The molecule has 1 aromatic rings. The van der Waals surface area contributed by atoms with Gasteiger partial charge in [-0.3, -0.25) is 9.88 Å². The van der Waals surface area contributed by atoms with Crippen LogP contribution >= 0.6 is 0 Å². The molecule has 0 bridgehead atoms. The number of piperidine rings is 1. The van der Waals surface area contributed by atoms with Gasteiger partial charge in [-0.2, -0.15) is 0 Å². The largest absolute Gasteiger partial charge is 0.591 e. The predicted octanol–water partition coefficient (Wildman–Crippen LogP) is 3.77. The van der Waals surface area contributed by atoms with E-state index in [2.05, 4.69) is 36.7 Å². The van der Waals surface area contributed by atoms with E-state index in [9.17, 15) is 4.55 Å². The molecular weight excluding hydrogens is 330 g/mol. The summed E-state index contributed by atoms with van der Waals surface area (Å²) in [4.78, 5) is 7.15. The summed E-state index contributed by atoms with van der Waals surface area (Å²) in [7, 11) is 0. The van der Waals surface area contributed by atoms with Gasteiger partial charge >= 0.3 is 0 Å². The number of nitrogens with zero attached hydrogens (tertiary/aromatic N) is 3. The fourth-order valence-corrected chi connectivity index (χ4v) is 4.60. The first-order valence-electron chi connectivity index (χ1n) is 9.23. The van der Waals surface area contributed by atoms with Crippen LogP contribution in [-0.2, 0) is 17.8 Å². The molecule has 1 fully saturated rings. The molecule has 5 heteroatoms. The number of hydrogen-bond donors (Lipinski definition) is 0. The number of fused-ring (bicyclic) bond motifs is 1. The molecule has 1 aliphatic heterocycles. The van der Waals surface area contributed by atoms with Crippen molar-refractivity contribution in [3.05, 3.63) is 29.6 Å². The SMILES string of the molecule is CC(C)(C)N1CCC2(CC1)Cc1ncccc1/C2=N\[S@+]([O-])C(C)(C)C. The topological polar surface area (TPSA) is 51.5 Å². The van der Waals surface area contributed by atoms with Gasteiger partial charge in [0.2, 0.25) is 0 Å². The Hall–Kier alpha value is -0.910. The van der Waals surface area contributed by atoms with Crippen LogP contribution in [0.15, 0.2) is 22.7 Å². The Morgan fingerprint density at radius 1 is 1.16 bits per heavy atom. The number of hydrogen-bond acceptors (Lipinski definition) is 4. The molecule has 1 saturated heterocycles. The van der Waals surface area contributed by atoms with E-state index in [0.29, 0.717) is 0 Å². The quantitative estimate of drug-likeness (QED) is 0.716. The molecule has 1 spiro atoms. The highest BCUT2D eigenvalue weighted by molar-refractivity contribution is 7.91. The third-order valence-electron chi connectivity index (χ3n) is 5.52. The second-order valence-electron chi connectivity index (χ2n) is 9.41. The smallest absolute Gasteiger partial charge is 0.144 e. The Labute approximate surface area is 155 Å². The third-order valence-corrected chi connectivity index (χ3v) is 6.92. The maximum Gasteiger partial charge on any atom is 0.144 e. The Morgan fingerprint density at radius 2 is 1.80 bits per heavy atom. The second-order valence-corrected chi connectivity index (χ2v) is 11.3. The minimum atomic E-state index is -1.24. The molecule has 1 aliphatic carbocycles. The molecule has 0 saturated carbocycles. The van der Waals surface area contributed by atoms with Crippen molar-refractivity contribution in [2.45, 2.75) is 71.1 Å². The van der Waals surface area contributed by atoms with E-state index in [4.69, 9.17) is 4.40 Å². The van der Waals surface area contributed by atoms with Crippen LogP contribution in [0.3, 0.4) is 0 Å². The number of likely N-dealkylation sites (tertiary alicyclic amines) is 1. The lowest BCUT2D eigenvalue weighted by Gasteiger charge is -2.45. The van der Waals surface area contributed by atoms with Crippen LogP contribution in [0, 0.1) is 5.41 Å². The Balaban J connectivity index is 1.96. The molecule has 0 amide bonds. The average molecular weight is 362 g/mol. The van der Waals surface area contributed by atoms with Crippen molar-refractivity contribution in [2.75, 3.05) is 13.1 Å². The first kappa shape index (κ1) is 18.9. The highest BCUT2D eigenvalue weighted by atomic mass is 32.2. The van der Waals surface area contributed by atoms with Crippen molar-refractivity contribution in [2.24, 2.45) is 9.81 Å². The average Bonchev–Trinajstić information content (AvgIpc) is 2.79. The zero-order valence-corrected chi connectivity index (χ0v) is 17.2. The fraction of sp³-hybridized carbons (Fsp3) is 0.700. The van der Waals surface area contributed by atoms with Crippen LogP contribution < -0.4 is 0 Å². The third kappa shape index (κ3) is 3.64. The zero-order chi connectivity index (χ0) is 18.5. The molecule has 4 nitrogen and oxygen atoms in total.